The number of hydrogen-bond acceptors (Lipinski definition) is 8. The zero-order valence-corrected chi connectivity index (χ0v) is 15.0. The van der Waals surface area contributed by atoms with Gasteiger partial charge in [0.05, 0.1) is 33.3 Å². The van der Waals surface area contributed by atoms with E-state index in [4.69, 9.17) is 14.3 Å². The van der Waals surface area contributed by atoms with Gasteiger partial charge in [-0.3, -0.25) is 19.2 Å². The maximum absolute atomic E-state index is 13.0. The molecule has 2 rings (SSSR count). The molecule has 1 saturated carbocycles. The quantitative estimate of drug-likeness (QED) is 0.524. The number of hydroxylamine groups is 2. The first-order valence-electron chi connectivity index (χ1n) is 8.52. The summed E-state index contributed by atoms with van der Waals surface area (Å²) in [4.78, 5) is 55.5. The summed E-state index contributed by atoms with van der Waals surface area (Å²) in [6.07, 6.45) is 0.0925. The Hall–Kier alpha value is -1.80. The van der Waals surface area contributed by atoms with E-state index in [1.165, 1.54) is 12.2 Å². The predicted molar refractivity (Wildman–Crippen MR) is 85.2 cm³/mol. The highest BCUT2D eigenvalue weighted by atomic mass is 16.7. The third-order valence-electron chi connectivity index (χ3n) is 5.13. The van der Waals surface area contributed by atoms with Gasteiger partial charge in [-0.1, -0.05) is 0 Å². The second-order valence-electron chi connectivity index (χ2n) is 6.53. The van der Waals surface area contributed by atoms with Crippen molar-refractivity contribution in [3.05, 3.63) is 0 Å². The Morgan fingerprint density at radius 1 is 1.04 bits per heavy atom. The van der Waals surface area contributed by atoms with Crippen LogP contribution in [0.25, 0.3) is 0 Å². The summed E-state index contributed by atoms with van der Waals surface area (Å²) in [7, 11) is 1.44. The third kappa shape index (κ3) is 3.32. The van der Waals surface area contributed by atoms with Gasteiger partial charge in [-0.2, -0.15) is 5.06 Å². The van der Waals surface area contributed by atoms with Crippen LogP contribution in [0.2, 0.25) is 0 Å². The van der Waals surface area contributed by atoms with Crippen molar-refractivity contribution in [2.24, 2.45) is 10.8 Å². The maximum Gasteiger partial charge on any atom is 0.325 e. The topological polar surface area (TPSA) is 99.2 Å². The number of hydrogen-bond donors (Lipinski definition) is 0. The van der Waals surface area contributed by atoms with Crippen molar-refractivity contribution in [2.45, 2.75) is 39.5 Å². The minimum Gasteiger partial charge on any atom is -0.465 e. The Morgan fingerprint density at radius 3 is 2.00 bits per heavy atom. The van der Waals surface area contributed by atoms with E-state index in [1.54, 1.807) is 13.8 Å². The predicted octanol–water partition coefficient (Wildman–Crippen LogP) is 0.675. The standard InChI is InChI=1S/C17H25NO7/c1-4-24-14(21)17(15(22)25-5-2)11-18(23-3)7-6-16(17)9-12(19)8-13(20)10-16/h4-11H2,1-3H3. The zero-order valence-electron chi connectivity index (χ0n) is 15.0. The maximum atomic E-state index is 13.0. The van der Waals surface area contributed by atoms with Gasteiger partial charge in [0.15, 0.2) is 5.41 Å². The normalized spacial score (nSPS) is 22.7. The second-order valence-corrected chi connectivity index (χ2v) is 6.53. The summed E-state index contributed by atoms with van der Waals surface area (Å²) >= 11 is 0. The molecule has 1 aliphatic carbocycles. The number of carbonyl (C=O) groups excluding carboxylic acids is 4. The smallest absolute Gasteiger partial charge is 0.325 e. The lowest BCUT2D eigenvalue weighted by Crippen LogP contribution is -2.65. The molecule has 0 aromatic rings. The summed E-state index contributed by atoms with van der Waals surface area (Å²) in [6.45, 7) is 3.71. The first-order valence-corrected chi connectivity index (χ1v) is 8.52. The van der Waals surface area contributed by atoms with E-state index in [2.05, 4.69) is 0 Å². The van der Waals surface area contributed by atoms with Crippen LogP contribution in [0.1, 0.15) is 39.5 Å². The molecule has 1 spiro atoms. The molecule has 1 saturated heterocycles. The minimum atomic E-state index is -1.76. The van der Waals surface area contributed by atoms with E-state index in [0.29, 0.717) is 6.54 Å². The van der Waals surface area contributed by atoms with Crippen LogP contribution in [-0.2, 0) is 33.5 Å². The number of Topliss-reactive ketones (excluding diaryl/α,β-unsaturated/α-hetero) is 2. The van der Waals surface area contributed by atoms with Crippen molar-refractivity contribution in [1.29, 1.82) is 0 Å². The number of piperidine rings is 1. The molecule has 2 aliphatic rings. The van der Waals surface area contributed by atoms with Crippen LogP contribution >= 0.6 is 0 Å². The number of carbonyl (C=O) groups is 4. The number of ketones is 2. The van der Waals surface area contributed by atoms with Crippen LogP contribution in [0, 0.1) is 10.8 Å². The van der Waals surface area contributed by atoms with Gasteiger partial charge in [0.1, 0.15) is 11.6 Å². The molecule has 0 amide bonds. The van der Waals surface area contributed by atoms with Crippen LogP contribution in [0.3, 0.4) is 0 Å². The van der Waals surface area contributed by atoms with Crippen LogP contribution < -0.4 is 0 Å². The van der Waals surface area contributed by atoms with E-state index < -0.39 is 22.8 Å². The van der Waals surface area contributed by atoms with Crippen molar-refractivity contribution >= 4 is 23.5 Å². The van der Waals surface area contributed by atoms with Gasteiger partial charge in [-0.15, -0.1) is 0 Å². The Morgan fingerprint density at radius 2 is 1.56 bits per heavy atom. The summed E-state index contributed by atoms with van der Waals surface area (Å²) < 4.78 is 10.4. The Labute approximate surface area is 146 Å². The van der Waals surface area contributed by atoms with Crippen LogP contribution in [0.15, 0.2) is 0 Å². The van der Waals surface area contributed by atoms with Crippen molar-refractivity contribution in [1.82, 2.24) is 5.06 Å². The van der Waals surface area contributed by atoms with Crippen molar-refractivity contribution < 1.29 is 33.5 Å². The molecule has 2 fully saturated rings. The third-order valence-corrected chi connectivity index (χ3v) is 5.13. The Bertz CT molecular complexity index is 537. The van der Waals surface area contributed by atoms with Gasteiger partial charge in [0.25, 0.3) is 0 Å². The summed E-state index contributed by atoms with van der Waals surface area (Å²) in [5, 5.41) is 1.47. The number of rotatable bonds is 5. The van der Waals surface area contributed by atoms with Gasteiger partial charge < -0.3 is 14.3 Å². The highest BCUT2D eigenvalue weighted by Crippen LogP contribution is 2.55. The molecule has 0 atom stereocenters. The van der Waals surface area contributed by atoms with Gasteiger partial charge in [-0.25, -0.2) is 0 Å². The van der Waals surface area contributed by atoms with Crippen LogP contribution in [-0.4, -0.2) is 62.0 Å². The van der Waals surface area contributed by atoms with E-state index in [9.17, 15) is 19.2 Å². The molecule has 0 radical (unpaired) electrons. The molecule has 0 aromatic heterocycles. The van der Waals surface area contributed by atoms with Gasteiger partial charge >= 0.3 is 11.9 Å². The van der Waals surface area contributed by atoms with E-state index >= 15 is 0 Å². The second kappa shape index (κ2) is 7.61. The SMILES string of the molecule is CCOC(=O)C1(C(=O)OCC)CN(OC)CCC12CC(=O)CC(=O)C2. The number of nitrogens with zero attached hydrogens (tertiary/aromatic N) is 1. The van der Waals surface area contributed by atoms with Gasteiger partial charge in [0.2, 0.25) is 0 Å². The average Bonchev–Trinajstić information content (AvgIpc) is 2.54. The highest BCUT2D eigenvalue weighted by molar-refractivity contribution is 6.07. The monoisotopic (exact) mass is 355 g/mol. The Balaban J connectivity index is 2.59. The molecule has 140 valence electrons. The average molecular weight is 355 g/mol. The van der Waals surface area contributed by atoms with E-state index in [0.717, 1.165) is 0 Å². The summed E-state index contributed by atoms with van der Waals surface area (Å²) in [5.74, 6) is -2.06. The van der Waals surface area contributed by atoms with E-state index in [1.807, 2.05) is 0 Å². The lowest BCUT2D eigenvalue weighted by molar-refractivity contribution is -0.228. The molecular weight excluding hydrogens is 330 g/mol. The lowest BCUT2D eigenvalue weighted by Gasteiger charge is -2.52. The molecule has 0 N–H and O–H groups in total. The largest absolute Gasteiger partial charge is 0.465 e. The molecule has 0 unspecified atom stereocenters. The Kier molecular flexibility index (Phi) is 5.95. The zero-order chi connectivity index (χ0) is 18.7. The van der Waals surface area contributed by atoms with Gasteiger partial charge in [0, 0.05) is 24.8 Å². The molecule has 0 aromatic carbocycles. The van der Waals surface area contributed by atoms with Crippen molar-refractivity contribution in [3.8, 4) is 0 Å². The molecule has 0 bridgehead atoms. The molecule has 1 heterocycles. The molecular formula is C17H25NO7. The van der Waals surface area contributed by atoms with Crippen LogP contribution in [0.5, 0.6) is 0 Å². The van der Waals surface area contributed by atoms with Crippen LogP contribution in [0.4, 0.5) is 0 Å². The number of esters is 2. The fourth-order valence-corrected chi connectivity index (χ4v) is 4.01. The highest BCUT2D eigenvalue weighted by Gasteiger charge is 2.67. The summed E-state index contributed by atoms with van der Waals surface area (Å²) in [5.41, 5.74) is -2.90. The molecule has 25 heavy (non-hydrogen) atoms. The molecule has 8 heteroatoms. The molecule has 8 nitrogen and oxygen atoms in total. The van der Waals surface area contributed by atoms with Crippen molar-refractivity contribution in [2.75, 3.05) is 33.4 Å². The van der Waals surface area contributed by atoms with Crippen molar-refractivity contribution in [3.63, 3.8) is 0 Å². The first-order chi connectivity index (χ1) is 11.8. The minimum absolute atomic E-state index is 0.0199. The lowest BCUT2D eigenvalue weighted by atomic mass is 9.53. The number of ether oxygens (including phenoxy) is 2. The fourth-order valence-electron chi connectivity index (χ4n) is 4.01. The van der Waals surface area contributed by atoms with E-state index in [-0.39, 0.29) is 57.0 Å². The fraction of sp³-hybridized carbons (Fsp3) is 0.765. The first kappa shape index (κ1) is 19.5. The van der Waals surface area contributed by atoms with Gasteiger partial charge in [-0.05, 0) is 20.3 Å². The molecule has 1 aliphatic heterocycles. The summed E-state index contributed by atoms with van der Waals surface area (Å²) in [6, 6.07) is 0.